The fourth-order valence-corrected chi connectivity index (χ4v) is 1.47. The van der Waals surface area contributed by atoms with Gasteiger partial charge in [-0.2, -0.15) is 0 Å². The molecule has 0 fully saturated rings. The first-order valence-corrected chi connectivity index (χ1v) is 5.55. The third-order valence-electron chi connectivity index (χ3n) is 2.20. The number of hydrogen-bond acceptors (Lipinski definition) is 3. The summed E-state index contributed by atoms with van der Waals surface area (Å²) in [6.07, 6.45) is -8.42. The van der Waals surface area contributed by atoms with E-state index in [4.69, 9.17) is 0 Å². The minimum Gasteiger partial charge on any atom is -0.466 e. The van der Waals surface area contributed by atoms with E-state index in [0.717, 1.165) is 18.2 Å². The quantitative estimate of drug-likeness (QED) is 0.615. The third kappa shape index (κ3) is 5.02. The molecule has 0 spiro atoms. The second-order valence-electron chi connectivity index (χ2n) is 3.70. The summed E-state index contributed by atoms with van der Waals surface area (Å²) in [5.74, 6) is -1.53. The summed E-state index contributed by atoms with van der Waals surface area (Å²) in [7, 11) is 0. The van der Waals surface area contributed by atoms with Gasteiger partial charge in [-0.05, 0) is 25.1 Å². The lowest BCUT2D eigenvalue weighted by molar-refractivity contribution is -0.274. The van der Waals surface area contributed by atoms with E-state index < -0.39 is 36.5 Å². The predicted molar refractivity (Wildman–Crippen MR) is 58.4 cm³/mol. The van der Waals surface area contributed by atoms with E-state index in [-0.39, 0.29) is 12.2 Å². The van der Waals surface area contributed by atoms with Crippen LogP contribution in [0.4, 0.5) is 22.0 Å². The maximum absolute atomic E-state index is 12.5. The van der Waals surface area contributed by atoms with Crippen LogP contribution < -0.4 is 4.74 Å². The van der Waals surface area contributed by atoms with Crippen molar-refractivity contribution in [3.05, 3.63) is 29.3 Å². The Morgan fingerprint density at radius 2 is 1.95 bits per heavy atom. The molecule has 0 atom stereocenters. The molecule has 1 aromatic carbocycles. The Morgan fingerprint density at radius 1 is 1.30 bits per heavy atom. The van der Waals surface area contributed by atoms with E-state index >= 15 is 0 Å². The SMILES string of the molecule is CCOC(=O)Cc1cc(C(F)F)ccc1OC(F)(F)F. The van der Waals surface area contributed by atoms with Gasteiger partial charge in [0.1, 0.15) is 5.75 Å². The molecule has 0 bridgehead atoms. The van der Waals surface area contributed by atoms with Gasteiger partial charge in [0.25, 0.3) is 6.43 Å². The number of carbonyl (C=O) groups is 1. The van der Waals surface area contributed by atoms with Crippen molar-refractivity contribution in [1.29, 1.82) is 0 Å². The van der Waals surface area contributed by atoms with Crippen molar-refractivity contribution in [2.75, 3.05) is 6.61 Å². The van der Waals surface area contributed by atoms with Crippen LogP contribution in [0.3, 0.4) is 0 Å². The van der Waals surface area contributed by atoms with Gasteiger partial charge >= 0.3 is 12.3 Å². The van der Waals surface area contributed by atoms with E-state index in [2.05, 4.69) is 9.47 Å². The molecule has 0 aliphatic rings. The molecule has 0 heterocycles. The molecule has 0 saturated heterocycles. The molecule has 20 heavy (non-hydrogen) atoms. The van der Waals surface area contributed by atoms with Crippen molar-refractivity contribution < 1.29 is 36.2 Å². The summed E-state index contributed by atoms with van der Waals surface area (Å²) in [4.78, 5) is 11.3. The second kappa shape index (κ2) is 6.53. The highest BCUT2D eigenvalue weighted by Crippen LogP contribution is 2.30. The first-order valence-electron chi connectivity index (χ1n) is 5.55. The molecule has 3 nitrogen and oxygen atoms in total. The Hall–Kier alpha value is -1.86. The van der Waals surface area contributed by atoms with Crippen molar-refractivity contribution in [3.63, 3.8) is 0 Å². The van der Waals surface area contributed by atoms with Gasteiger partial charge in [0.15, 0.2) is 0 Å². The largest absolute Gasteiger partial charge is 0.573 e. The highest BCUT2D eigenvalue weighted by molar-refractivity contribution is 5.73. The van der Waals surface area contributed by atoms with Crippen LogP contribution in [0.2, 0.25) is 0 Å². The summed E-state index contributed by atoms with van der Waals surface area (Å²) in [5, 5.41) is 0. The Morgan fingerprint density at radius 3 is 2.45 bits per heavy atom. The second-order valence-corrected chi connectivity index (χ2v) is 3.70. The fraction of sp³-hybridized carbons (Fsp3) is 0.417. The number of rotatable bonds is 5. The number of ether oxygens (including phenoxy) is 2. The minimum atomic E-state index is -4.98. The molecule has 0 amide bonds. The summed E-state index contributed by atoms with van der Waals surface area (Å²) in [6, 6.07) is 2.35. The van der Waals surface area contributed by atoms with Gasteiger partial charge in [0.05, 0.1) is 13.0 Å². The topological polar surface area (TPSA) is 35.5 Å². The van der Waals surface area contributed by atoms with Gasteiger partial charge < -0.3 is 9.47 Å². The molecule has 0 unspecified atom stereocenters. The minimum absolute atomic E-state index is 0.0306. The number of benzene rings is 1. The number of esters is 1. The van der Waals surface area contributed by atoms with Crippen molar-refractivity contribution in [2.24, 2.45) is 0 Å². The normalized spacial score (nSPS) is 11.6. The lowest BCUT2D eigenvalue weighted by atomic mass is 10.1. The molecule has 1 aromatic rings. The highest BCUT2D eigenvalue weighted by atomic mass is 19.4. The fourth-order valence-electron chi connectivity index (χ4n) is 1.47. The van der Waals surface area contributed by atoms with E-state index in [1.165, 1.54) is 6.92 Å². The molecule has 0 N–H and O–H groups in total. The van der Waals surface area contributed by atoms with Gasteiger partial charge in [-0.25, -0.2) is 8.78 Å². The summed E-state index contributed by atoms with van der Waals surface area (Å²) in [6.45, 7) is 1.55. The molecule has 112 valence electrons. The van der Waals surface area contributed by atoms with Gasteiger partial charge in [-0.15, -0.1) is 13.2 Å². The Labute approximate surface area is 111 Å². The standard InChI is InChI=1S/C12H11F5O3/c1-2-19-10(18)6-8-5-7(11(13)14)3-4-9(8)20-12(15,16)17/h3-5,11H,2,6H2,1H3. The highest BCUT2D eigenvalue weighted by Gasteiger charge is 2.32. The van der Waals surface area contributed by atoms with Crippen LogP contribution in [-0.4, -0.2) is 18.9 Å². The summed E-state index contributed by atoms with van der Waals surface area (Å²) < 4.78 is 69.8. The molecule has 0 saturated carbocycles. The lowest BCUT2D eigenvalue weighted by Gasteiger charge is -2.14. The smallest absolute Gasteiger partial charge is 0.466 e. The van der Waals surface area contributed by atoms with Crippen molar-refractivity contribution in [2.45, 2.75) is 26.1 Å². The average molecular weight is 298 g/mol. The van der Waals surface area contributed by atoms with Crippen LogP contribution in [0.15, 0.2) is 18.2 Å². The van der Waals surface area contributed by atoms with Gasteiger partial charge in [0, 0.05) is 11.1 Å². The van der Waals surface area contributed by atoms with Crippen LogP contribution in [0.1, 0.15) is 24.5 Å². The third-order valence-corrected chi connectivity index (χ3v) is 2.20. The average Bonchev–Trinajstić information content (AvgIpc) is 2.29. The molecule has 0 radical (unpaired) electrons. The predicted octanol–water partition coefficient (Wildman–Crippen LogP) is 3.63. The van der Waals surface area contributed by atoms with Crippen LogP contribution in [0, 0.1) is 0 Å². The molecule has 0 aromatic heterocycles. The van der Waals surface area contributed by atoms with Gasteiger partial charge in [-0.1, -0.05) is 0 Å². The van der Waals surface area contributed by atoms with Gasteiger partial charge in [0.2, 0.25) is 0 Å². The van der Waals surface area contributed by atoms with Crippen molar-refractivity contribution in [1.82, 2.24) is 0 Å². The Kier molecular flexibility index (Phi) is 5.29. The van der Waals surface area contributed by atoms with Crippen LogP contribution in [-0.2, 0) is 16.0 Å². The number of hydrogen-bond donors (Lipinski definition) is 0. The maximum Gasteiger partial charge on any atom is 0.573 e. The van der Waals surface area contributed by atoms with Gasteiger partial charge in [-0.3, -0.25) is 4.79 Å². The van der Waals surface area contributed by atoms with Crippen molar-refractivity contribution >= 4 is 5.97 Å². The van der Waals surface area contributed by atoms with Crippen LogP contribution in [0.5, 0.6) is 5.75 Å². The van der Waals surface area contributed by atoms with Crippen LogP contribution in [0.25, 0.3) is 0 Å². The molecular formula is C12H11F5O3. The first-order chi connectivity index (χ1) is 9.23. The van der Waals surface area contributed by atoms with E-state index in [9.17, 15) is 26.7 Å². The number of carbonyl (C=O) groups excluding carboxylic acids is 1. The molecular weight excluding hydrogens is 287 g/mol. The first kappa shape index (κ1) is 16.2. The molecule has 8 heteroatoms. The zero-order chi connectivity index (χ0) is 15.3. The van der Waals surface area contributed by atoms with E-state index in [1.54, 1.807) is 0 Å². The van der Waals surface area contributed by atoms with Crippen molar-refractivity contribution in [3.8, 4) is 5.75 Å². The van der Waals surface area contributed by atoms with Crippen LogP contribution >= 0.6 is 0 Å². The Balaban J connectivity index is 3.06. The molecule has 0 aliphatic heterocycles. The zero-order valence-corrected chi connectivity index (χ0v) is 10.3. The monoisotopic (exact) mass is 298 g/mol. The van der Waals surface area contributed by atoms with E-state index in [0.29, 0.717) is 0 Å². The zero-order valence-electron chi connectivity index (χ0n) is 10.3. The summed E-state index contributed by atoms with van der Waals surface area (Å²) >= 11 is 0. The maximum atomic E-state index is 12.5. The van der Waals surface area contributed by atoms with E-state index in [1.807, 2.05) is 0 Å². The lowest BCUT2D eigenvalue weighted by Crippen LogP contribution is -2.19. The number of halogens is 5. The summed E-state index contributed by atoms with van der Waals surface area (Å²) in [5.41, 5.74) is -0.808. The molecule has 1 rings (SSSR count). The number of alkyl halides is 5. The molecule has 0 aliphatic carbocycles. The Bertz CT molecular complexity index is 471.